The van der Waals surface area contributed by atoms with Gasteiger partial charge in [-0.25, -0.2) is 0 Å². The summed E-state index contributed by atoms with van der Waals surface area (Å²) in [5.74, 6) is 0.246. The van der Waals surface area contributed by atoms with E-state index in [4.69, 9.17) is 16.3 Å². The third-order valence-electron chi connectivity index (χ3n) is 4.52. The number of ether oxygens (including phenoxy) is 1. The summed E-state index contributed by atoms with van der Waals surface area (Å²) in [5.41, 5.74) is 1.14. The minimum absolute atomic E-state index is 0. The van der Waals surface area contributed by atoms with Crippen molar-refractivity contribution in [1.82, 2.24) is 4.90 Å². The summed E-state index contributed by atoms with van der Waals surface area (Å²) in [6.07, 6.45) is 3.58. The third kappa shape index (κ3) is 7.76. The Labute approximate surface area is 161 Å². The van der Waals surface area contributed by atoms with Crippen LogP contribution in [0.15, 0.2) is 24.3 Å². The van der Waals surface area contributed by atoms with E-state index in [9.17, 15) is 9.59 Å². The summed E-state index contributed by atoms with van der Waals surface area (Å²) in [6, 6.07) is 7.65. The number of hydrogen-bond donors (Lipinski definition) is 0. The van der Waals surface area contributed by atoms with Gasteiger partial charge in [0.1, 0.15) is 5.78 Å². The fraction of sp³-hybridized carbons (Fsp3) is 0.579. The molecule has 0 spiro atoms. The fourth-order valence-electron chi connectivity index (χ4n) is 3.00. The molecule has 1 saturated heterocycles. The molecule has 0 aliphatic carbocycles. The van der Waals surface area contributed by atoms with Crippen molar-refractivity contribution in [2.75, 3.05) is 26.2 Å². The van der Waals surface area contributed by atoms with Crippen molar-refractivity contribution in [3.63, 3.8) is 0 Å². The lowest BCUT2D eigenvalue weighted by Gasteiger charge is -2.30. The number of benzene rings is 1. The highest BCUT2D eigenvalue weighted by Crippen LogP contribution is 2.19. The third-order valence-corrected chi connectivity index (χ3v) is 4.77. The maximum atomic E-state index is 12.1. The number of carbonyl (C=O) groups is 2. The van der Waals surface area contributed by atoms with E-state index in [0.29, 0.717) is 19.4 Å². The molecule has 1 aromatic rings. The number of likely N-dealkylation sites (tertiary alicyclic amines) is 1. The summed E-state index contributed by atoms with van der Waals surface area (Å²) in [4.78, 5) is 26.0. The molecule has 2 rings (SSSR count). The second kappa shape index (κ2) is 11.5. The zero-order valence-electron chi connectivity index (χ0n) is 14.7. The Balaban J connectivity index is 0.00000312. The Bertz CT molecular complexity index is 540. The van der Waals surface area contributed by atoms with Crippen LogP contribution in [0.1, 0.15) is 38.2 Å². The van der Waals surface area contributed by atoms with E-state index < -0.39 is 0 Å². The highest BCUT2D eigenvalue weighted by molar-refractivity contribution is 6.30. The average Bonchev–Trinajstić information content (AvgIpc) is 2.60. The van der Waals surface area contributed by atoms with Crippen LogP contribution >= 0.6 is 24.0 Å². The highest BCUT2D eigenvalue weighted by Gasteiger charge is 2.25. The molecule has 140 valence electrons. The van der Waals surface area contributed by atoms with E-state index in [1.165, 1.54) is 0 Å². The lowest BCUT2D eigenvalue weighted by Crippen LogP contribution is -2.38. The number of rotatable bonds is 8. The number of aryl methyl sites for hydroxylation is 1. The van der Waals surface area contributed by atoms with Gasteiger partial charge < -0.3 is 9.64 Å². The van der Waals surface area contributed by atoms with Gasteiger partial charge in [0.15, 0.2) is 0 Å². The second-order valence-corrected chi connectivity index (χ2v) is 6.72. The molecule has 1 aliphatic rings. The number of nitrogens with zero attached hydrogens (tertiary/aromatic N) is 1. The van der Waals surface area contributed by atoms with Crippen molar-refractivity contribution in [3.8, 4) is 0 Å². The maximum Gasteiger partial charge on any atom is 0.309 e. The van der Waals surface area contributed by atoms with Crippen LogP contribution in [0.4, 0.5) is 0 Å². The van der Waals surface area contributed by atoms with Crippen LogP contribution in [-0.4, -0.2) is 42.9 Å². The molecule has 0 N–H and O–H groups in total. The number of ketones is 1. The molecule has 1 fully saturated rings. The van der Waals surface area contributed by atoms with E-state index in [0.717, 1.165) is 49.5 Å². The van der Waals surface area contributed by atoms with Crippen LogP contribution in [-0.2, 0) is 20.7 Å². The van der Waals surface area contributed by atoms with E-state index in [-0.39, 0.29) is 30.1 Å². The Hall–Kier alpha value is -1.10. The molecule has 0 bridgehead atoms. The van der Waals surface area contributed by atoms with E-state index in [2.05, 4.69) is 4.90 Å². The van der Waals surface area contributed by atoms with Gasteiger partial charge in [-0.15, -0.1) is 12.4 Å². The Morgan fingerprint density at radius 3 is 2.40 bits per heavy atom. The normalized spacial score (nSPS) is 15.4. The predicted octanol–water partition coefficient (Wildman–Crippen LogP) is 3.93. The standard InChI is InChI=1S/C19H26ClNO3.ClH/c1-2-24-19(23)16-9-12-21(13-10-16)14-11-18(22)8-5-15-3-6-17(20)7-4-15;/h3-4,6-7,16H,2,5,8-14H2,1H3;1H. The molecule has 25 heavy (non-hydrogen) atoms. The average molecular weight is 388 g/mol. The smallest absolute Gasteiger partial charge is 0.309 e. The molecular weight excluding hydrogens is 361 g/mol. The van der Waals surface area contributed by atoms with Gasteiger partial charge in [0.05, 0.1) is 12.5 Å². The lowest BCUT2D eigenvalue weighted by atomic mass is 9.96. The number of carbonyl (C=O) groups excluding carboxylic acids is 2. The van der Waals surface area contributed by atoms with E-state index in [1.807, 2.05) is 31.2 Å². The molecule has 0 radical (unpaired) electrons. The monoisotopic (exact) mass is 387 g/mol. The molecule has 1 heterocycles. The summed E-state index contributed by atoms with van der Waals surface area (Å²) in [7, 11) is 0. The second-order valence-electron chi connectivity index (χ2n) is 6.28. The lowest BCUT2D eigenvalue weighted by molar-refractivity contribution is -0.149. The quantitative estimate of drug-likeness (QED) is 0.633. The molecule has 0 saturated carbocycles. The first-order chi connectivity index (χ1) is 11.6. The van der Waals surface area contributed by atoms with Crippen LogP contribution in [0, 0.1) is 5.92 Å². The van der Waals surface area contributed by atoms with Gasteiger partial charge in [-0.2, -0.15) is 0 Å². The zero-order chi connectivity index (χ0) is 17.4. The summed E-state index contributed by atoms with van der Waals surface area (Å²) in [6.45, 7) is 4.81. The van der Waals surface area contributed by atoms with E-state index >= 15 is 0 Å². The van der Waals surface area contributed by atoms with Gasteiger partial charge in [-0.05, 0) is 57.0 Å². The Morgan fingerprint density at radius 1 is 1.16 bits per heavy atom. The molecular formula is C19H27Cl2NO3. The van der Waals surface area contributed by atoms with Gasteiger partial charge in [0.2, 0.25) is 0 Å². The van der Waals surface area contributed by atoms with Gasteiger partial charge in [0.25, 0.3) is 0 Å². The van der Waals surface area contributed by atoms with Gasteiger partial charge in [-0.3, -0.25) is 9.59 Å². The predicted molar refractivity (Wildman–Crippen MR) is 102 cm³/mol. The molecule has 6 heteroatoms. The minimum Gasteiger partial charge on any atom is -0.466 e. The van der Waals surface area contributed by atoms with Crippen LogP contribution in [0.3, 0.4) is 0 Å². The van der Waals surface area contributed by atoms with Gasteiger partial charge in [0, 0.05) is 24.4 Å². The number of piperidine rings is 1. The van der Waals surface area contributed by atoms with Crippen molar-refractivity contribution in [3.05, 3.63) is 34.9 Å². The van der Waals surface area contributed by atoms with Crippen LogP contribution in [0.25, 0.3) is 0 Å². The van der Waals surface area contributed by atoms with Crippen molar-refractivity contribution < 1.29 is 14.3 Å². The van der Waals surface area contributed by atoms with Crippen LogP contribution < -0.4 is 0 Å². The number of halogens is 2. The van der Waals surface area contributed by atoms with Crippen LogP contribution in [0.2, 0.25) is 5.02 Å². The molecule has 0 amide bonds. The van der Waals surface area contributed by atoms with Gasteiger partial charge in [-0.1, -0.05) is 23.7 Å². The Morgan fingerprint density at radius 2 is 1.80 bits per heavy atom. The molecule has 0 atom stereocenters. The Kier molecular flexibility index (Phi) is 10.1. The summed E-state index contributed by atoms with van der Waals surface area (Å²) >= 11 is 5.86. The SMILES string of the molecule is CCOC(=O)C1CCN(CCC(=O)CCc2ccc(Cl)cc2)CC1.Cl. The number of Topliss-reactive ketones (excluding diaryl/α,β-unsaturated/α-hetero) is 1. The molecule has 0 aromatic heterocycles. The fourth-order valence-corrected chi connectivity index (χ4v) is 3.12. The summed E-state index contributed by atoms with van der Waals surface area (Å²) < 4.78 is 5.08. The molecule has 1 aromatic carbocycles. The maximum absolute atomic E-state index is 12.1. The molecule has 4 nitrogen and oxygen atoms in total. The molecule has 0 unspecified atom stereocenters. The molecule has 1 aliphatic heterocycles. The highest BCUT2D eigenvalue weighted by atomic mass is 35.5. The number of hydrogen-bond acceptors (Lipinski definition) is 4. The van der Waals surface area contributed by atoms with Crippen molar-refractivity contribution in [2.45, 2.75) is 39.0 Å². The van der Waals surface area contributed by atoms with E-state index in [1.54, 1.807) is 0 Å². The number of esters is 1. The first-order valence-electron chi connectivity index (χ1n) is 8.73. The van der Waals surface area contributed by atoms with Gasteiger partial charge >= 0.3 is 5.97 Å². The summed E-state index contributed by atoms with van der Waals surface area (Å²) in [5, 5.41) is 0.719. The topological polar surface area (TPSA) is 46.6 Å². The zero-order valence-corrected chi connectivity index (χ0v) is 16.3. The van der Waals surface area contributed by atoms with Crippen molar-refractivity contribution >= 4 is 35.8 Å². The largest absolute Gasteiger partial charge is 0.466 e. The van der Waals surface area contributed by atoms with Crippen LogP contribution in [0.5, 0.6) is 0 Å². The van der Waals surface area contributed by atoms with Crippen molar-refractivity contribution in [2.24, 2.45) is 5.92 Å². The first kappa shape index (κ1) is 21.9. The van der Waals surface area contributed by atoms with Crippen molar-refractivity contribution in [1.29, 1.82) is 0 Å². The first-order valence-corrected chi connectivity index (χ1v) is 9.11. The minimum atomic E-state index is -0.0730.